The van der Waals surface area contributed by atoms with Crippen LogP contribution in [0.3, 0.4) is 0 Å². The van der Waals surface area contributed by atoms with Crippen molar-refractivity contribution in [2.45, 2.75) is 6.42 Å². The van der Waals surface area contributed by atoms with Gasteiger partial charge in [0.2, 0.25) is 11.8 Å². The highest BCUT2D eigenvalue weighted by atomic mass is 19.1. The Morgan fingerprint density at radius 3 is 2.63 bits per heavy atom. The molecule has 7 heteroatoms. The van der Waals surface area contributed by atoms with Gasteiger partial charge in [0.15, 0.2) is 0 Å². The molecule has 1 N–H and O–H groups in total. The van der Waals surface area contributed by atoms with Gasteiger partial charge in [-0.25, -0.2) is 9.18 Å². The fourth-order valence-electron chi connectivity index (χ4n) is 3.15. The summed E-state index contributed by atoms with van der Waals surface area (Å²) in [6.07, 6.45) is 0.0890. The van der Waals surface area contributed by atoms with Gasteiger partial charge in [-0.3, -0.25) is 9.59 Å². The molecule has 1 aromatic heterocycles. The zero-order valence-electron chi connectivity index (χ0n) is 14.1. The lowest BCUT2D eigenvalue weighted by molar-refractivity contribution is -0.122. The van der Waals surface area contributed by atoms with E-state index >= 15 is 0 Å². The van der Waals surface area contributed by atoms with Crippen molar-refractivity contribution in [1.29, 1.82) is 0 Å². The van der Waals surface area contributed by atoms with Crippen molar-refractivity contribution < 1.29 is 18.4 Å². The minimum atomic E-state index is -0.507. The molecular weight excluding hydrogens is 351 g/mol. The standard InChI is InChI=1S/C20H15FN2O4/c21-14-2-5-16(6-3-14)23-11-13(10-18(23)24)20(26)22-15-4-7-17-12(9-15)1-8-19(25)27-17/h1-9,13H,10-11H2,(H,22,26)/t13-/m0/s1. The van der Waals surface area contributed by atoms with Crippen molar-refractivity contribution in [2.24, 2.45) is 5.92 Å². The van der Waals surface area contributed by atoms with E-state index in [-0.39, 0.29) is 30.6 Å². The molecule has 2 amide bonds. The molecule has 2 aromatic carbocycles. The van der Waals surface area contributed by atoms with Crippen LogP contribution in [-0.4, -0.2) is 18.4 Å². The second kappa shape index (κ2) is 6.68. The lowest BCUT2D eigenvalue weighted by Crippen LogP contribution is -2.28. The summed E-state index contributed by atoms with van der Waals surface area (Å²) in [6, 6.07) is 13.5. The van der Waals surface area contributed by atoms with Crippen molar-refractivity contribution in [3.05, 3.63) is 70.8 Å². The number of carbonyl (C=O) groups is 2. The van der Waals surface area contributed by atoms with E-state index in [1.807, 2.05) is 0 Å². The maximum Gasteiger partial charge on any atom is 0.336 e. The largest absolute Gasteiger partial charge is 0.423 e. The predicted molar refractivity (Wildman–Crippen MR) is 98.0 cm³/mol. The van der Waals surface area contributed by atoms with E-state index in [0.717, 1.165) is 0 Å². The molecule has 0 radical (unpaired) electrons. The fraction of sp³-hybridized carbons (Fsp3) is 0.150. The summed E-state index contributed by atoms with van der Waals surface area (Å²) < 4.78 is 18.1. The van der Waals surface area contributed by atoms with E-state index in [1.54, 1.807) is 24.3 Å². The summed E-state index contributed by atoms with van der Waals surface area (Å²) >= 11 is 0. The van der Waals surface area contributed by atoms with Crippen molar-refractivity contribution in [1.82, 2.24) is 0 Å². The summed E-state index contributed by atoms with van der Waals surface area (Å²) in [5.41, 5.74) is 1.11. The van der Waals surface area contributed by atoms with Crippen LogP contribution in [0.15, 0.2) is 63.8 Å². The molecule has 0 saturated carbocycles. The molecule has 1 aliphatic rings. The van der Waals surface area contributed by atoms with Crippen LogP contribution in [0, 0.1) is 11.7 Å². The molecular formula is C20H15FN2O4. The number of nitrogens with one attached hydrogen (secondary N) is 1. The van der Waals surface area contributed by atoms with Crippen LogP contribution in [-0.2, 0) is 9.59 Å². The Hall–Kier alpha value is -3.48. The third-order valence-electron chi connectivity index (χ3n) is 4.52. The van der Waals surface area contributed by atoms with Crippen LogP contribution in [0.5, 0.6) is 0 Å². The predicted octanol–water partition coefficient (Wildman–Crippen LogP) is 2.92. The summed E-state index contributed by atoms with van der Waals surface area (Å²) in [7, 11) is 0. The molecule has 1 fully saturated rings. The van der Waals surface area contributed by atoms with Crippen LogP contribution in [0.1, 0.15) is 6.42 Å². The van der Waals surface area contributed by atoms with E-state index in [1.165, 1.54) is 35.2 Å². The number of fused-ring (bicyclic) bond motifs is 1. The van der Waals surface area contributed by atoms with Gasteiger partial charge in [-0.1, -0.05) is 0 Å². The first-order valence-corrected chi connectivity index (χ1v) is 8.40. The van der Waals surface area contributed by atoms with Crippen LogP contribution >= 0.6 is 0 Å². The SMILES string of the molecule is O=C(Nc1ccc2oc(=O)ccc2c1)[C@H]1CC(=O)N(c2ccc(F)cc2)C1. The number of carbonyl (C=O) groups excluding carboxylic acids is 2. The first-order valence-electron chi connectivity index (χ1n) is 8.40. The topological polar surface area (TPSA) is 79.6 Å². The Kier molecular flexibility index (Phi) is 4.19. The van der Waals surface area contributed by atoms with Gasteiger partial charge in [-0.2, -0.15) is 0 Å². The molecule has 27 heavy (non-hydrogen) atoms. The summed E-state index contributed by atoms with van der Waals surface area (Å²) in [5, 5.41) is 3.48. The molecule has 0 unspecified atom stereocenters. The second-order valence-electron chi connectivity index (χ2n) is 6.38. The number of nitrogens with zero attached hydrogens (tertiary/aromatic N) is 1. The van der Waals surface area contributed by atoms with Crippen LogP contribution in [0.2, 0.25) is 0 Å². The van der Waals surface area contributed by atoms with Gasteiger partial charge in [-0.15, -0.1) is 0 Å². The quantitative estimate of drug-likeness (QED) is 0.723. The number of anilines is 2. The Balaban J connectivity index is 1.48. The molecule has 0 spiro atoms. The first-order chi connectivity index (χ1) is 13.0. The molecule has 136 valence electrons. The van der Waals surface area contributed by atoms with E-state index in [2.05, 4.69) is 5.32 Å². The number of rotatable bonds is 3. The highest BCUT2D eigenvalue weighted by Crippen LogP contribution is 2.26. The maximum absolute atomic E-state index is 13.1. The lowest BCUT2D eigenvalue weighted by atomic mass is 10.1. The molecule has 1 atom stereocenters. The van der Waals surface area contributed by atoms with Crippen LogP contribution in [0.4, 0.5) is 15.8 Å². The molecule has 4 rings (SSSR count). The highest BCUT2D eigenvalue weighted by Gasteiger charge is 2.35. The Morgan fingerprint density at radius 2 is 1.85 bits per heavy atom. The molecule has 2 heterocycles. The Morgan fingerprint density at radius 1 is 1.07 bits per heavy atom. The van der Waals surface area contributed by atoms with E-state index in [0.29, 0.717) is 22.3 Å². The van der Waals surface area contributed by atoms with Gasteiger partial charge >= 0.3 is 5.63 Å². The van der Waals surface area contributed by atoms with Crippen LogP contribution < -0.4 is 15.8 Å². The van der Waals surface area contributed by atoms with E-state index in [9.17, 15) is 18.8 Å². The van der Waals surface area contributed by atoms with Gasteiger partial charge in [-0.05, 0) is 48.5 Å². The molecule has 6 nitrogen and oxygen atoms in total. The van der Waals surface area contributed by atoms with Gasteiger partial charge in [0.05, 0.1) is 5.92 Å². The average Bonchev–Trinajstić information content (AvgIpc) is 3.04. The van der Waals surface area contributed by atoms with E-state index in [4.69, 9.17) is 4.42 Å². The minimum Gasteiger partial charge on any atom is -0.423 e. The van der Waals surface area contributed by atoms with Gasteiger partial charge in [0, 0.05) is 35.8 Å². The monoisotopic (exact) mass is 366 g/mol. The molecule has 0 bridgehead atoms. The minimum absolute atomic E-state index is 0.0890. The van der Waals surface area contributed by atoms with Gasteiger partial charge in [0.1, 0.15) is 11.4 Å². The molecule has 3 aromatic rings. The van der Waals surface area contributed by atoms with Crippen molar-refractivity contribution in [2.75, 3.05) is 16.8 Å². The molecule has 0 aliphatic carbocycles. The van der Waals surface area contributed by atoms with Crippen molar-refractivity contribution >= 4 is 34.2 Å². The maximum atomic E-state index is 13.1. The fourth-order valence-corrected chi connectivity index (χ4v) is 3.15. The summed E-state index contributed by atoms with van der Waals surface area (Å²) in [6.45, 7) is 0.235. The van der Waals surface area contributed by atoms with E-state index < -0.39 is 11.5 Å². The smallest absolute Gasteiger partial charge is 0.336 e. The Bertz CT molecular complexity index is 1090. The summed E-state index contributed by atoms with van der Waals surface area (Å²) in [4.78, 5) is 37.5. The second-order valence-corrected chi connectivity index (χ2v) is 6.38. The highest BCUT2D eigenvalue weighted by molar-refractivity contribution is 6.04. The number of amides is 2. The Labute approximate surface area is 153 Å². The zero-order valence-corrected chi connectivity index (χ0v) is 14.1. The molecule has 1 saturated heterocycles. The summed E-state index contributed by atoms with van der Waals surface area (Å²) in [5.74, 6) is -1.34. The lowest BCUT2D eigenvalue weighted by Gasteiger charge is -2.16. The first kappa shape index (κ1) is 17.0. The average molecular weight is 366 g/mol. The normalized spacial score (nSPS) is 16.7. The van der Waals surface area contributed by atoms with Gasteiger partial charge < -0.3 is 14.6 Å². The zero-order chi connectivity index (χ0) is 19.0. The van der Waals surface area contributed by atoms with Gasteiger partial charge in [0.25, 0.3) is 0 Å². The number of hydrogen-bond acceptors (Lipinski definition) is 4. The van der Waals surface area contributed by atoms with Crippen LogP contribution in [0.25, 0.3) is 11.0 Å². The number of benzene rings is 2. The number of hydrogen-bond donors (Lipinski definition) is 1. The third kappa shape index (κ3) is 3.44. The molecule has 1 aliphatic heterocycles. The van der Waals surface area contributed by atoms with Crippen molar-refractivity contribution in [3.63, 3.8) is 0 Å². The van der Waals surface area contributed by atoms with Crippen molar-refractivity contribution in [3.8, 4) is 0 Å². The number of halogens is 1. The third-order valence-corrected chi connectivity index (χ3v) is 4.52.